The lowest BCUT2D eigenvalue weighted by Crippen LogP contribution is -2.28. The molecule has 13 rings (SSSR count). The number of hydrogen-bond acceptors (Lipinski definition) is 1. The Labute approximate surface area is 369 Å². The highest BCUT2D eigenvalue weighted by atomic mass is 15.1. The molecular weight excluding hydrogens is 759 g/mol. The largest absolute Gasteiger partial charge is 0.311 e. The molecule has 0 heterocycles. The molecule has 0 saturated carbocycles. The Morgan fingerprint density at radius 1 is 0.222 bits per heavy atom. The van der Waals surface area contributed by atoms with Crippen molar-refractivity contribution in [3.8, 4) is 55.6 Å². The Bertz CT molecular complexity index is 3110. The van der Waals surface area contributed by atoms with E-state index in [4.69, 9.17) is 0 Å². The number of anilines is 3. The highest BCUT2D eigenvalue weighted by molar-refractivity contribution is 5.88. The Kier molecular flexibility index (Phi) is 9.04. The Hall–Kier alpha value is -8.00. The second-order valence-electron chi connectivity index (χ2n) is 16.8. The maximum absolute atomic E-state index is 2.40. The van der Waals surface area contributed by atoms with E-state index in [0.29, 0.717) is 0 Å². The summed E-state index contributed by atoms with van der Waals surface area (Å²) < 4.78 is 0. The van der Waals surface area contributed by atoms with Crippen molar-refractivity contribution >= 4 is 17.1 Å². The van der Waals surface area contributed by atoms with Crippen molar-refractivity contribution in [2.75, 3.05) is 4.90 Å². The van der Waals surface area contributed by atoms with Gasteiger partial charge in [-0.3, -0.25) is 0 Å². The molecule has 1 heteroatoms. The van der Waals surface area contributed by atoms with Gasteiger partial charge >= 0.3 is 0 Å². The molecule has 10 aromatic carbocycles. The summed E-state index contributed by atoms with van der Waals surface area (Å²) in [5.41, 5.74) is 24.3. The number of benzene rings is 10. The lowest BCUT2D eigenvalue weighted by atomic mass is 9.58. The predicted molar refractivity (Wildman–Crippen MR) is 263 cm³/mol. The lowest BCUT2D eigenvalue weighted by molar-refractivity contribution is 0.757. The fourth-order valence-electron chi connectivity index (χ4n) is 10.4. The third-order valence-corrected chi connectivity index (χ3v) is 13.3. The highest BCUT2D eigenvalue weighted by Gasteiger charge is 2.43. The van der Waals surface area contributed by atoms with Crippen LogP contribution in [-0.2, 0) is 0 Å². The van der Waals surface area contributed by atoms with E-state index in [1.807, 2.05) is 0 Å². The zero-order valence-electron chi connectivity index (χ0n) is 34.8. The van der Waals surface area contributed by atoms with Crippen LogP contribution in [0.2, 0.25) is 0 Å². The van der Waals surface area contributed by atoms with Gasteiger partial charge in [0, 0.05) is 28.9 Å². The van der Waals surface area contributed by atoms with Gasteiger partial charge in [0.15, 0.2) is 0 Å². The average molecular weight is 802 g/mol. The van der Waals surface area contributed by atoms with Crippen LogP contribution in [0.3, 0.4) is 0 Å². The SMILES string of the molecule is c1ccc(-c2ccc(N(c3ccc(-c4ccccc4)cc3)c3ccc(-c4ccc(-c5cccc(-c6ccccc6)c5)c5c4C4c6ccccc6C5c5ccccc54)cc3)cc2)cc1. The zero-order chi connectivity index (χ0) is 41.7. The molecule has 0 amide bonds. The topological polar surface area (TPSA) is 3.24 Å². The molecule has 0 N–H and O–H groups in total. The van der Waals surface area contributed by atoms with Crippen molar-refractivity contribution in [2.24, 2.45) is 0 Å². The van der Waals surface area contributed by atoms with Crippen LogP contribution in [0.15, 0.2) is 249 Å². The summed E-state index contributed by atoms with van der Waals surface area (Å²) in [6.45, 7) is 0. The molecule has 10 aromatic rings. The summed E-state index contributed by atoms with van der Waals surface area (Å²) in [4.78, 5) is 2.38. The minimum Gasteiger partial charge on any atom is -0.311 e. The van der Waals surface area contributed by atoms with Gasteiger partial charge in [-0.05, 0) is 131 Å². The predicted octanol–water partition coefficient (Wildman–Crippen LogP) is 16.5. The zero-order valence-corrected chi connectivity index (χ0v) is 34.8. The fraction of sp³-hybridized carbons (Fsp3) is 0.0323. The maximum atomic E-state index is 2.40. The van der Waals surface area contributed by atoms with Gasteiger partial charge in [-0.25, -0.2) is 0 Å². The van der Waals surface area contributed by atoms with Gasteiger partial charge in [0.2, 0.25) is 0 Å². The molecule has 1 nitrogen and oxygen atoms in total. The second-order valence-corrected chi connectivity index (χ2v) is 16.8. The van der Waals surface area contributed by atoms with Gasteiger partial charge in [-0.2, -0.15) is 0 Å². The molecule has 0 fully saturated rings. The fourth-order valence-corrected chi connectivity index (χ4v) is 10.4. The Morgan fingerprint density at radius 3 is 0.937 bits per heavy atom. The molecule has 0 spiro atoms. The molecule has 63 heavy (non-hydrogen) atoms. The van der Waals surface area contributed by atoms with Gasteiger partial charge in [-0.1, -0.05) is 206 Å². The van der Waals surface area contributed by atoms with Crippen molar-refractivity contribution in [3.63, 3.8) is 0 Å². The summed E-state index contributed by atoms with van der Waals surface area (Å²) in [6, 6.07) is 91.4. The molecule has 2 bridgehead atoms. The number of nitrogens with zero attached hydrogens (tertiary/aromatic N) is 1. The highest BCUT2D eigenvalue weighted by Crippen LogP contribution is 2.60. The number of hydrogen-bond donors (Lipinski definition) is 0. The van der Waals surface area contributed by atoms with Crippen molar-refractivity contribution in [2.45, 2.75) is 11.8 Å². The standard InChI is InChI=1S/C62H43N/c1-4-15-42(16-5-1)45-27-33-50(34-28-45)63(51-35-29-46(30-36-51)43-17-6-2-7-18-43)52-37-31-47(32-38-52)53-39-40-54(49-22-14-21-48(41-49)44-19-8-3-9-20-44)62-60-57-25-12-10-23-55(57)59(61(53)62)56-24-11-13-26-58(56)60/h1-41,59-60H. The summed E-state index contributed by atoms with van der Waals surface area (Å²) in [5.74, 6) is 0.271. The van der Waals surface area contributed by atoms with E-state index in [1.165, 1.54) is 89.0 Å². The van der Waals surface area contributed by atoms with Crippen molar-refractivity contribution < 1.29 is 0 Å². The van der Waals surface area contributed by atoms with E-state index in [-0.39, 0.29) is 11.8 Å². The minimum atomic E-state index is 0.132. The molecule has 296 valence electrons. The molecular formula is C62H43N. The van der Waals surface area contributed by atoms with Crippen LogP contribution in [0.4, 0.5) is 17.1 Å². The molecule has 0 aromatic heterocycles. The normalized spacial score (nSPS) is 14.3. The van der Waals surface area contributed by atoms with Crippen LogP contribution in [0, 0.1) is 0 Å². The first kappa shape index (κ1) is 36.8. The summed E-state index contributed by atoms with van der Waals surface area (Å²) in [6.07, 6.45) is 0. The van der Waals surface area contributed by atoms with Crippen LogP contribution in [0.25, 0.3) is 55.6 Å². The van der Waals surface area contributed by atoms with Crippen LogP contribution >= 0.6 is 0 Å². The van der Waals surface area contributed by atoms with Gasteiger partial charge < -0.3 is 4.90 Å². The van der Waals surface area contributed by atoms with E-state index in [0.717, 1.165) is 17.1 Å². The molecule has 3 aliphatic carbocycles. The molecule has 0 atom stereocenters. The molecule has 0 aliphatic heterocycles. The van der Waals surface area contributed by atoms with Gasteiger partial charge in [-0.15, -0.1) is 0 Å². The summed E-state index contributed by atoms with van der Waals surface area (Å²) in [5, 5.41) is 0. The first-order chi connectivity index (χ1) is 31.3. The van der Waals surface area contributed by atoms with Gasteiger partial charge in [0.25, 0.3) is 0 Å². The molecule has 3 aliphatic rings. The molecule has 0 unspecified atom stereocenters. The van der Waals surface area contributed by atoms with Crippen LogP contribution < -0.4 is 4.90 Å². The molecule has 0 saturated heterocycles. The third-order valence-electron chi connectivity index (χ3n) is 13.3. The van der Waals surface area contributed by atoms with Crippen molar-refractivity contribution in [3.05, 3.63) is 282 Å². The van der Waals surface area contributed by atoms with Crippen molar-refractivity contribution in [1.29, 1.82) is 0 Å². The van der Waals surface area contributed by atoms with Crippen LogP contribution in [0.5, 0.6) is 0 Å². The first-order valence-electron chi connectivity index (χ1n) is 22.0. The third kappa shape index (κ3) is 6.40. The smallest absolute Gasteiger partial charge is 0.0462 e. The average Bonchev–Trinajstić information content (AvgIpc) is 3.37. The first-order valence-corrected chi connectivity index (χ1v) is 22.0. The Morgan fingerprint density at radius 2 is 0.524 bits per heavy atom. The van der Waals surface area contributed by atoms with E-state index in [9.17, 15) is 0 Å². The maximum Gasteiger partial charge on any atom is 0.0462 e. The minimum absolute atomic E-state index is 0.132. The van der Waals surface area contributed by atoms with Gasteiger partial charge in [0.05, 0.1) is 0 Å². The monoisotopic (exact) mass is 801 g/mol. The van der Waals surface area contributed by atoms with Gasteiger partial charge in [0.1, 0.15) is 0 Å². The lowest BCUT2D eigenvalue weighted by Gasteiger charge is -2.44. The molecule has 0 radical (unpaired) electrons. The summed E-state index contributed by atoms with van der Waals surface area (Å²) in [7, 11) is 0. The van der Waals surface area contributed by atoms with E-state index in [1.54, 1.807) is 0 Å². The van der Waals surface area contributed by atoms with Crippen molar-refractivity contribution in [1.82, 2.24) is 0 Å². The van der Waals surface area contributed by atoms with E-state index in [2.05, 4.69) is 254 Å². The second kappa shape index (κ2) is 15.5. The van der Waals surface area contributed by atoms with E-state index >= 15 is 0 Å². The van der Waals surface area contributed by atoms with Crippen LogP contribution in [-0.4, -0.2) is 0 Å². The summed E-state index contributed by atoms with van der Waals surface area (Å²) >= 11 is 0. The quantitative estimate of drug-likeness (QED) is 0.148. The van der Waals surface area contributed by atoms with Crippen LogP contribution in [0.1, 0.15) is 45.2 Å². The number of rotatable bonds is 8. The Balaban J connectivity index is 0.995. The van der Waals surface area contributed by atoms with E-state index < -0.39 is 0 Å².